The van der Waals surface area contributed by atoms with Crippen LogP contribution in [0, 0.1) is 0 Å². The monoisotopic (exact) mass is 462 g/mol. The van der Waals surface area contributed by atoms with E-state index < -0.39 is 7.25 Å². The number of hydrogen-bond acceptors (Lipinski definition) is 2. The second-order valence-electron chi connectivity index (χ2n) is 7.26. The predicted octanol–water partition coefficient (Wildman–Crippen LogP) is 6.18. The highest BCUT2D eigenvalue weighted by Gasteiger charge is 2.25. The fraction of sp³-hybridized carbons (Fsp3) is 0. The van der Waals surface area contributed by atoms with E-state index in [9.17, 15) is 17.3 Å². The average molecular weight is 462 g/mol. The highest BCUT2D eigenvalue weighted by atomic mass is 19.5. The molecule has 0 radical (unpaired) electrons. The molecule has 2 heterocycles. The summed E-state index contributed by atoms with van der Waals surface area (Å²) >= 11 is 0. The van der Waals surface area contributed by atoms with E-state index in [1.807, 2.05) is 22.9 Å². The second-order valence-corrected chi connectivity index (χ2v) is 7.26. The van der Waals surface area contributed by atoms with Crippen molar-refractivity contribution in [3.05, 3.63) is 116 Å². The molecule has 170 valence electrons. The van der Waals surface area contributed by atoms with Gasteiger partial charge in [0.05, 0.1) is 0 Å². The van der Waals surface area contributed by atoms with Gasteiger partial charge >= 0.3 is 7.25 Å². The van der Waals surface area contributed by atoms with Crippen LogP contribution in [-0.4, -0.2) is 22.1 Å². The van der Waals surface area contributed by atoms with Crippen LogP contribution in [0.15, 0.2) is 116 Å². The molecule has 0 saturated heterocycles. The lowest BCUT2D eigenvalue weighted by molar-refractivity contribution is -0.707. The van der Waals surface area contributed by atoms with Crippen molar-refractivity contribution in [2.45, 2.75) is 0 Å². The molecule has 4 nitrogen and oxygen atoms in total. The molecule has 0 unspecified atom stereocenters. The Bertz CT molecular complexity index is 1260. The third-order valence-corrected chi connectivity index (χ3v) is 4.92. The van der Waals surface area contributed by atoms with E-state index in [0.29, 0.717) is 0 Å². The minimum Gasteiger partial charge on any atom is -0.418 e. The second kappa shape index (κ2) is 10.1. The molecule has 0 aliphatic heterocycles. The third-order valence-electron chi connectivity index (χ3n) is 4.92. The fourth-order valence-electron chi connectivity index (χ4n) is 3.56. The summed E-state index contributed by atoms with van der Waals surface area (Å²) in [4.78, 5) is 0. The molecule has 0 fully saturated rings. The lowest BCUT2D eigenvalue weighted by Crippen LogP contribution is -2.45. The Morgan fingerprint density at radius 3 is 1.26 bits per heavy atom. The van der Waals surface area contributed by atoms with E-state index in [2.05, 4.69) is 99.8 Å². The first-order valence-corrected chi connectivity index (χ1v) is 10.4. The summed E-state index contributed by atoms with van der Waals surface area (Å²) in [6, 6.07) is 35.7. The van der Waals surface area contributed by atoms with E-state index in [1.165, 1.54) is 5.56 Å². The first-order valence-electron chi connectivity index (χ1n) is 10.4. The number of rotatable bonds is 4. The highest BCUT2D eigenvalue weighted by Crippen LogP contribution is 2.29. The Balaban J connectivity index is 0.000000499. The molecule has 0 atom stereocenters. The van der Waals surface area contributed by atoms with Gasteiger partial charge in [-0.05, 0) is 35.4 Å². The molecule has 0 bridgehead atoms. The number of nitrogens with zero attached hydrogens (tertiary/aromatic N) is 4. The highest BCUT2D eigenvalue weighted by molar-refractivity contribution is 6.50. The Labute approximate surface area is 193 Å². The summed E-state index contributed by atoms with van der Waals surface area (Å²) < 4.78 is 43.1. The van der Waals surface area contributed by atoms with Crippen molar-refractivity contribution in [2.24, 2.45) is 0 Å². The van der Waals surface area contributed by atoms with Crippen molar-refractivity contribution >= 4 is 7.25 Å². The van der Waals surface area contributed by atoms with Crippen molar-refractivity contribution in [3.63, 3.8) is 0 Å². The summed E-state index contributed by atoms with van der Waals surface area (Å²) in [6.45, 7) is 0. The van der Waals surface area contributed by atoms with E-state index >= 15 is 0 Å². The maximum Gasteiger partial charge on any atom is 0.673 e. The molecule has 0 N–H and O–H groups in total. The summed E-state index contributed by atoms with van der Waals surface area (Å²) in [5.74, 6) is 0. The minimum atomic E-state index is -6.00. The van der Waals surface area contributed by atoms with Gasteiger partial charge in [0, 0.05) is 23.3 Å². The van der Waals surface area contributed by atoms with Crippen molar-refractivity contribution < 1.29 is 21.9 Å². The van der Waals surface area contributed by atoms with Crippen LogP contribution in [0.1, 0.15) is 0 Å². The molecule has 9 heteroatoms. The standard InChI is InChI=1S/C25H19N4.BF4/c1-4-10-20(11-5-1)23-16-24(21-12-6-2-7-13-21)29(28-18-26-27-19-28)25(17-23)22-14-8-3-9-15-22;2-1(3,4)5/h1-19H;/q+1;-1. The van der Waals surface area contributed by atoms with Crippen molar-refractivity contribution in [2.75, 3.05) is 0 Å². The SMILES string of the molecule is F[B-](F)(F)F.c1ccc(-c2cc(-c3ccccc3)[n+](-n3cnnc3)c(-c3ccccc3)c2)cc1. The molecule has 2 aromatic heterocycles. The molecule has 0 saturated carbocycles. The van der Waals surface area contributed by atoms with Gasteiger partial charge in [-0.3, -0.25) is 0 Å². The molecule has 5 aromatic rings. The summed E-state index contributed by atoms with van der Waals surface area (Å²) in [5.41, 5.74) is 6.70. The molecule has 0 aliphatic carbocycles. The average Bonchev–Trinajstić information content (AvgIpc) is 3.38. The van der Waals surface area contributed by atoms with Crippen LogP contribution in [0.2, 0.25) is 0 Å². The first kappa shape index (κ1) is 22.9. The van der Waals surface area contributed by atoms with Gasteiger partial charge < -0.3 is 17.3 Å². The van der Waals surface area contributed by atoms with E-state index in [0.717, 1.165) is 28.1 Å². The van der Waals surface area contributed by atoms with Crippen LogP contribution < -0.4 is 4.68 Å². The number of pyridine rings is 1. The maximum absolute atomic E-state index is 9.75. The van der Waals surface area contributed by atoms with Gasteiger partial charge in [-0.1, -0.05) is 76.1 Å². The van der Waals surface area contributed by atoms with Crippen molar-refractivity contribution in [1.82, 2.24) is 14.9 Å². The van der Waals surface area contributed by atoms with Gasteiger partial charge in [0.2, 0.25) is 11.4 Å². The minimum absolute atomic E-state index is 1.06. The van der Waals surface area contributed by atoms with Gasteiger partial charge in [0.1, 0.15) is 0 Å². The van der Waals surface area contributed by atoms with Crippen LogP contribution in [0.25, 0.3) is 33.6 Å². The summed E-state index contributed by atoms with van der Waals surface area (Å²) in [6.07, 6.45) is 3.45. The molecule has 0 amide bonds. The molecular formula is C25H19BF4N4. The third kappa shape index (κ3) is 5.75. The zero-order chi connectivity index (χ0) is 24.0. The molecular weight excluding hydrogens is 443 g/mol. The summed E-state index contributed by atoms with van der Waals surface area (Å²) in [7, 11) is -6.00. The van der Waals surface area contributed by atoms with Crippen LogP contribution in [0.5, 0.6) is 0 Å². The van der Waals surface area contributed by atoms with Crippen LogP contribution in [0.4, 0.5) is 17.3 Å². The van der Waals surface area contributed by atoms with Gasteiger partial charge in [-0.2, -0.15) is 0 Å². The number of halogens is 4. The Kier molecular flexibility index (Phi) is 6.82. The van der Waals surface area contributed by atoms with E-state index in [4.69, 9.17) is 0 Å². The largest absolute Gasteiger partial charge is 0.673 e. The van der Waals surface area contributed by atoms with Crippen molar-refractivity contribution in [3.8, 4) is 33.6 Å². The van der Waals surface area contributed by atoms with Gasteiger partial charge in [0.25, 0.3) is 0 Å². The Morgan fingerprint density at radius 1 is 0.529 bits per heavy atom. The smallest absolute Gasteiger partial charge is 0.418 e. The van der Waals surface area contributed by atoms with Crippen molar-refractivity contribution in [1.29, 1.82) is 0 Å². The van der Waals surface area contributed by atoms with E-state index in [1.54, 1.807) is 12.7 Å². The van der Waals surface area contributed by atoms with Crippen LogP contribution in [0.3, 0.4) is 0 Å². The number of aromatic nitrogens is 4. The maximum atomic E-state index is 9.75. The first-order chi connectivity index (χ1) is 16.4. The number of benzene rings is 3. The number of hydrogen-bond donors (Lipinski definition) is 0. The van der Waals surface area contributed by atoms with Crippen LogP contribution in [-0.2, 0) is 0 Å². The van der Waals surface area contributed by atoms with Crippen LogP contribution >= 0.6 is 0 Å². The topological polar surface area (TPSA) is 34.6 Å². The zero-order valence-electron chi connectivity index (χ0n) is 17.8. The molecule has 3 aromatic carbocycles. The molecule has 34 heavy (non-hydrogen) atoms. The van der Waals surface area contributed by atoms with Gasteiger partial charge in [-0.15, -0.1) is 10.2 Å². The Hall–Kier alpha value is -4.27. The zero-order valence-corrected chi connectivity index (χ0v) is 17.8. The van der Waals surface area contributed by atoms with Gasteiger partial charge in [-0.25, -0.2) is 0 Å². The Morgan fingerprint density at radius 2 is 0.882 bits per heavy atom. The van der Waals surface area contributed by atoms with E-state index in [-0.39, 0.29) is 0 Å². The normalized spacial score (nSPS) is 10.9. The summed E-state index contributed by atoms with van der Waals surface area (Å²) in [5, 5.41) is 8.08. The molecule has 0 aliphatic rings. The lowest BCUT2D eigenvalue weighted by atomic mass is 10.00. The molecule has 0 spiro atoms. The van der Waals surface area contributed by atoms with Gasteiger partial charge in [0.15, 0.2) is 12.7 Å². The lowest BCUT2D eigenvalue weighted by Gasteiger charge is -2.11. The molecule has 5 rings (SSSR count). The predicted molar refractivity (Wildman–Crippen MR) is 124 cm³/mol. The quantitative estimate of drug-likeness (QED) is 0.182. The fourth-order valence-corrected chi connectivity index (χ4v) is 3.56.